The fourth-order valence-electron chi connectivity index (χ4n) is 11.6. The molecule has 2 aromatic heterocycles. The number of benzene rings is 6. The molecule has 244 valence electrons. The first kappa shape index (κ1) is 28.1. The molecule has 6 aromatic carbocycles. The number of hydrogen-bond donors (Lipinski definition) is 0. The van der Waals surface area contributed by atoms with Crippen molar-refractivity contribution in [2.45, 2.75) is 37.5 Å². The Morgan fingerprint density at radius 1 is 0.490 bits per heavy atom. The minimum absolute atomic E-state index is 0.0979. The number of rotatable bonds is 3. The van der Waals surface area contributed by atoms with Gasteiger partial charge in [-0.25, -0.2) is 4.98 Å². The van der Waals surface area contributed by atoms with E-state index in [1.165, 1.54) is 64.8 Å². The van der Waals surface area contributed by atoms with Crippen LogP contribution in [0.3, 0.4) is 0 Å². The van der Waals surface area contributed by atoms with Crippen LogP contribution in [0.5, 0.6) is 0 Å². The van der Waals surface area contributed by atoms with Gasteiger partial charge in [0.1, 0.15) is 0 Å². The molecule has 0 atom stereocenters. The second-order valence-electron chi connectivity index (χ2n) is 15.6. The van der Waals surface area contributed by atoms with Crippen molar-refractivity contribution in [3.63, 3.8) is 0 Å². The predicted octanol–water partition coefficient (Wildman–Crippen LogP) is 11.2. The Hall–Kier alpha value is -5.61. The molecule has 1 spiro atoms. The molecule has 51 heavy (non-hydrogen) atoms. The summed E-state index contributed by atoms with van der Waals surface area (Å²) in [5.41, 5.74) is 10.4. The highest BCUT2D eigenvalue weighted by Gasteiger charge is 2.61. The third-order valence-corrected chi connectivity index (χ3v) is 13.2. The number of nitrogens with zero attached hydrogens (tertiary/aromatic N) is 4. The molecule has 5 aliphatic rings. The maximum Gasteiger partial charge on any atom is 0.238 e. The first-order chi connectivity index (χ1) is 25.3. The molecule has 5 aliphatic carbocycles. The van der Waals surface area contributed by atoms with Crippen LogP contribution >= 0.6 is 0 Å². The van der Waals surface area contributed by atoms with Crippen LogP contribution in [0.4, 0.5) is 0 Å². The van der Waals surface area contributed by atoms with Gasteiger partial charge in [0.05, 0.1) is 11.0 Å². The zero-order valence-corrected chi connectivity index (χ0v) is 28.3. The van der Waals surface area contributed by atoms with E-state index in [4.69, 9.17) is 15.0 Å². The maximum atomic E-state index is 5.27. The van der Waals surface area contributed by atoms with Gasteiger partial charge < -0.3 is 0 Å². The normalized spacial score (nSPS) is 24.2. The van der Waals surface area contributed by atoms with Gasteiger partial charge in [0, 0.05) is 27.3 Å². The Morgan fingerprint density at radius 2 is 1.08 bits per heavy atom. The predicted molar refractivity (Wildman–Crippen MR) is 206 cm³/mol. The summed E-state index contributed by atoms with van der Waals surface area (Å²) >= 11 is 0. The molecule has 13 rings (SSSR count). The average molecular weight is 657 g/mol. The van der Waals surface area contributed by atoms with E-state index >= 15 is 0 Å². The lowest BCUT2D eigenvalue weighted by Crippen LogP contribution is -2.55. The number of hydrogen-bond acceptors (Lipinski definition) is 3. The Balaban J connectivity index is 1.22. The topological polar surface area (TPSA) is 43.6 Å². The summed E-state index contributed by atoms with van der Waals surface area (Å²) in [6.45, 7) is 0. The molecule has 4 bridgehead atoms. The van der Waals surface area contributed by atoms with Gasteiger partial charge in [-0.2, -0.15) is 9.97 Å². The van der Waals surface area contributed by atoms with E-state index in [9.17, 15) is 0 Å². The van der Waals surface area contributed by atoms with Gasteiger partial charge in [0.25, 0.3) is 0 Å². The molecule has 8 aromatic rings. The van der Waals surface area contributed by atoms with Gasteiger partial charge in [-0.3, -0.25) is 4.57 Å². The van der Waals surface area contributed by atoms with Crippen molar-refractivity contribution in [1.29, 1.82) is 0 Å². The van der Waals surface area contributed by atoms with Crippen LogP contribution in [-0.2, 0) is 5.41 Å². The van der Waals surface area contributed by atoms with E-state index in [0.717, 1.165) is 34.0 Å². The van der Waals surface area contributed by atoms with Crippen molar-refractivity contribution in [2.75, 3.05) is 0 Å². The van der Waals surface area contributed by atoms with Gasteiger partial charge in [0.15, 0.2) is 11.6 Å². The molecule has 0 unspecified atom stereocenters. The van der Waals surface area contributed by atoms with Gasteiger partial charge in [-0.1, -0.05) is 121 Å². The second kappa shape index (κ2) is 10.2. The quantitative estimate of drug-likeness (QED) is 0.190. The van der Waals surface area contributed by atoms with Crippen molar-refractivity contribution in [1.82, 2.24) is 19.5 Å². The summed E-state index contributed by atoms with van der Waals surface area (Å²) in [4.78, 5) is 15.6. The summed E-state index contributed by atoms with van der Waals surface area (Å²) in [5, 5.41) is 5.15. The standard InChI is InChI=1S/C47H36N4/c1-3-12-31(13-4-1)44-48-45(32-14-5-2-6-15-32)50-46(49-44)51-39-21-19-30-11-7-8-16-35(30)42(39)43-40(51)22-20-38-41(43)36-17-9-10-18-37(36)47(38)33-24-28-23-29(26-33)27-34(47)25-28/h1-22,28-29,33-34H,23-27H2. The number of aromatic nitrogens is 4. The zero-order valence-electron chi connectivity index (χ0n) is 28.3. The van der Waals surface area contributed by atoms with E-state index in [-0.39, 0.29) is 5.41 Å². The van der Waals surface area contributed by atoms with Crippen molar-refractivity contribution >= 4 is 32.6 Å². The van der Waals surface area contributed by atoms with Gasteiger partial charge >= 0.3 is 0 Å². The molecule has 4 fully saturated rings. The summed E-state index contributed by atoms with van der Waals surface area (Å²) in [7, 11) is 0. The molecule has 0 N–H and O–H groups in total. The summed E-state index contributed by atoms with van der Waals surface area (Å²) in [6.07, 6.45) is 6.95. The lowest BCUT2D eigenvalue weighted by molar-refractivity contribution is -0.0399. The molecule has 0 saturated heterocycles. The Kier molecular flexibility index (Phi) is 5.64. The molecular weight excluding hydrogens is 621 g/mol. The minimum atomic E-state index is 0.0979. The lowest BCUT2D eigenvalue weighted by atomic mass is 9.43. The lowest BCUT2D eigenvalue weighted by Gasteiger charge is -2.61. The first-order valence-electron chi connectivity index (χ1n) is 18.7. The molecule has 0 radical (unpaired) electrons. The van der Waals surface area contributed by atoms with Crippen molar-refractivity contribution in [3.8, 4) is 39.9 Å². The van der Waals surface area contributed by atoms with Gasteiger partial charge in [-0.15, -0.1) is 0 Å². The first-order valence-corrected chi connectivity index (χ1v) is 18.7. The highest BCUT2D eigenvalue weighted by atomic mass is 15.2. The van der Waals surface area contributed by atoms with Crippen LogP contribution in [0.2, 0.25) is 0 Å². The average Bonchev–Trinajstić information content (AvgIpc) is 3.68. The third kappa shape index (κ3) is 3.72. The SMILES string of the molecule is c1ccc(-c2nc(-c3ccccc3)nc(-n3c4ccc5c(c4c4c6ccccc6ccc43)-c3ccccc3C53C4CC5CC(C4)CC3C5)n2)cc1. The highest BCUT2D eigenvalue weighted by molar-refractivity contribution is 6.26. The monoisotopic (exact) mass is 656 g/mol. The fraction of sp³-hybridized carbons (Fsp3) is 0.213. The molecule has 2 heterocycles. The van der Waals surface area contributed by atoms with E-state index < -0.39 is 0 Å². The van der Waals surface area contributed by atoms with Crippen LogP contribution in [0.15, 0.2) is 133 Å². The van der Waals surface area contributed by atoms with Gasteiger partial charge in [-0.05, 0) is 101 Å². The van der Waals surface area contributed by atoms with Crippen LogP contribution in [0, 0.1) is 23.7 Å². The van der Waals surface area contributed by atoms with Gasteiger partial charge in [0.2, 0.25) is 5.95 Å². The fourth-order valence-corrected chi connectivity index (χ4v) is 11.6. The molecular formula is C47H36N4. The van der Waals surface area contributed by atoms with Crippen molar-refractivity contribution < 1.29 is 0 Å². The Labute approximate surface area is 296 Å². The smallest absolute Gasteiger partial charge is 0.238 e. The second-order valence-corrected chi connectivity index (χ2v) is 15.6. The van der Waals surface area contributed by atoms with Crippen LogP contribution < -0.4 is 0 Å². The third-order valence-electron chi connectivity index (χ3n) is 13.2. The number of fused-ring (bicyclic) bond motifs is 9. The van der Waals surface area contributed by atoms with Crippen LogP contribution in [0.1, 0.15) is 43.2 Å². The highest BCUT2D eigenvalue weighted by Crippen LogP contribution is 2.70. The molecule has 0 amide bonds. The van der Waals surface area contributed by atoms with E-state index in [0.29, 0.717) is 29.4 Å². The van der Waals surface area contributed by atoms with Crippen LogP contribution in [0.25, 0.3) is 72.4 Å². The Bertz CT molecular complexity index is 2620. The van der Waals surface area contributed by atoms with E-state index in [2.05, 4.69) is 102 Å². The summed E-state index contributed by atoms with van der Waals surface area (Å²) in [5.74, 6) is 5.24. The summed E-state index contributed by atoms with van der Waals surface area (Å²) < 4.78 is 2.32. The van der Waals surface area contributed by atoms with Crippen molar-refractivity contribution in [2.24, 2.45) is 23.7 Å². The van der Waals surface area contributed by atoms with Crippen LogP contribution in [-0.4, -0.2) is 19.5 Å². The van der Waals surface area contributed by atoms with E-state index in [1.54, 1.807) is 11.1 Å². The maximum absolute atomic E-state index is 5.27. The zero-order chi connectivity index (χ0) is 33.3. The van der Waals surface area contributed by atoms with Crippen molar-refractivity contribution in [3.05, 3.63) is 145 Å². The van der Waals surface area contributed by atoms with E-state index in [1.807, 2.05) is 36.4 Å². The minimum Gasteiger partial charge on any atom is -0.278 e. The Morgan fingerprint density at radius 3 is 1.78 bits per heavy atom. The largest absolute Gasteiger partial charge is 0.278 e. The molecule has 4 saturated carbocycles. The molecule has 4 heteroatoms. The molecule has 4 nitrogen and oxygen atoms in total. The summed E-state index contributed by atoms with van der Waals surface area (Å²) in [6, 6.07) is 48.5. The molecule has 0 aliphatic heterocycles.